The lowest BCUT2D eigenvalue weighted by atomic mass is 10.1. The third-order valence-corrected chi connectivity index (χ3v) is 6.10. The first-order valence-electron chi connectivity index (χ1n) is 8.88. The molecule has 0 spiro atoms. The second-order valence-electron chi connectivity index (χ2n) is 6.56. The number of amides is 2. The number of hydrogen-bond donors (Lipinski definition) is 1. The molecule has 0 bridgehead atoms. The van der Waals surface area contributed by atoms with E-state index in [0.29, 0.717) is 10.8 Å². The lowest BCUT2D eigenvalue weighted by molar-refractivity contribution is -0.142. The summed E-state index contributed by atoms with van der Waals surface area (Å²) >= 11 is 9.76. The molecule has 7 heteroatoms. The minimum absolute atomic E-state index is 0.174. The summed E-state index contributed by atoms with van der Waals surface area (Å²) in [6, 6.07) is 10.3. The average molecular weight is 468 g/mol. The van der Waals surface area contributed by atoms with Gasteiger partial charge in [-0.05, 0) is 55.7 Å². The fourth-order valence-electron chi connectivity index (χ4n) is 2.82. The number of halogens is 2. The molecule has 0 heterocycles. The van der Waals surface area contributed by atoms with Crippen molar-refractivity contribution in [3.8, 4) is 5.75 Å². The summed E-state index contributed by atoms with van der Waals surface area (Å²) in [6.07, 6.45) is 0. The van der Waals surface area contributed by atoms with Gasteiger partial charge in [-0.3, -0.25) is 9.59 Å². The summed E-state index contributed by atoms with van der Waals surface area (Å²) in [6.45, 7) is 5.65. The fourth-order valence-corrected chi connectivity index (χ4v) is 3.24. The number of likely N-dealkylation sites (N-methyl/N-ethyl adjacent to an activating group) is 1. The predicted octanol–water partition coefficient (Wildman–Crippen LogP) is 4.26. The molecule has 0 aliphatic carbocycles. The highest BCUT2D eigenvalue weighted by molar-refractivity contribution is 9.10. The molecule has 0 saturated heterocycles. The number of carbonyl (C=O) groups excluding carboxylic acids is 2. The van der Waals surface area contributed by atoms with Crippen LogP contribution in [-0.2, 0) is 16.1 Å². The SMILES string of the molecule is CNC(=O)[C@H](C)N(Cc1ccccc1Cl)C(=O)COc1cc(C)c(Br)c(C)c1. The van der Waals surface area contributed by atoms with E-state index < -0.39 is 6.04 Å². The minimum atomic E-state index is -0.661. The molecule has 0 aromatic heterocycles. The summed E-state index contributed by atoms with van der Waals surface area (Å²) < 4.78 is 6.73. The first kappa shape index (κ1) is 22.2. The fraction of sp³-hybridized carbons (Fsp3) is 0.333. The molecule has 0 saturated carbocycles. The molecule has 5 nitrogen and oxygen atoms in total. The van der Waals surface area contributed by atoms with Crippen LogP contribution in [0.2, 0.25) is 5.02 Å². The predicted molar refractivity (Wildman–Crippen MR) is 115 cm³/mol. The Balaban J connectivity index is 2.19. The van der Waals surface area contributed by atoms with Crippen molar-refractivity contribution in [2.24, 2.45) is 0 Å². The van der Waals surface area contributed by atoms with Crippen molar-refractivity contribution in [3.63, 3.8) is 0 Å². The number of hydrogen-bond acceptors (Lipinski definition) is 3. The average Bonchev–Trinajstić information content (AvgIpc) is 2.68. The highest BCUT2D eigenvalue weighted by Crippen LogP contribution is 2.26. The van der Waals surface area contributed by atoms with Gasteiger partial charge in [0, 0.05) is 23.1 Å². The molecule has 1 N–H and O–H groups in total. The summed E-state index contributed by atoms with van der Waals surface area (Å²) in [5, 5.41) is 3.13. The number of nitrogens with one attached hydrogen (secondary N) is 1. The smallest absolute Gasteiger partial charge is 0.261 e. The molecular formula is C21H24BrClN2O3. The number of benzene rings is 2. The topological polar surface area (TPSA) is 58.6 Å². The van der Waals surface area contributed by atoms with E-state index in [4.69, 9.17) is 16.3 Å². The number of nitrogens with zero attached hydrogens (tertiary/aromatic N) is 1. The molecular weight excluding hydrogens is 444 g/mol. The third kappa shape index (κ3) is 5.49. The number of ether oxygens (including phenoxy) is 1. The molecule has 0 aliphatic rings. The zero-order valence-electron chi connectivity index (χ0n) is 16.4. The van der Waals surface area contributed by atoms with Gasteiger partial charge in [0.05, 0.1) is 0 Å². The van der Waals surface area contributed by atoms with Gasteiger partial charge in [-0.15, -0.1) is 0 Å². The van der Waals surface area contributed by atoms with Gasteiger partial charge < -0.3 is 15.0 Å². The molecule has 0 fully saturated rings. The van der Waals surface area contributed by atoms with Crippen LogP contribution < -0.4 is 10.1 Å². The van der Waals surface area contributed by atoms with E-state index in [9.17, 15) is 9.59 Å². The van der Waals surface area contributed by atoms with E-state index in [2.05, 4.69) is 21.2 Å². The number of rotatable bonds is 7. The van der Waals surface area contributed by atoms with Crippen LogP contribution in [0.3, 0.4) is 0 Å². The maximum atomic E-state index is 12.9. The van der Waals surface area contributed by atoms with Crippen LogP contribution in [0.15, 0.2) is 40.9 Å². The van der Waals surface area contributed by atoms with Gasteiger partial charge in [-0.25, -0.2) is 0 Å². The van der Waals surface area contributed by atoms with Gasteiger partial charge in [-0.1, -0.05) is 45.7 Å². The third-order valence-electron chi connectivity index (χ3n) is 4.48. The molecule has 2 aromatic carbocycles. The maximum Gasteiger partial charge on any atom is 0.261 e. The molecule has 0 aliphatic heterocycles. The first-order chi connectivity index (χ1) is 13.2. The minimum Gasteiger partial charge on any atom is -0.484 e. The summed E-state index contributed by atoms with van der Waals surface area (Å²) in [5.41, 5.74) is 2.81. The molecule has 1 atom stereocenters. The van der Waals surface area contributed by atoms with Crippen LogP contribution in [0, 0.1) is 13.8 Å². The highest BCUT2D eigenvalue weighted by Gasteiger charge is 2.26. The Kier molecular flexibility index (Phi) is 7.89. The van der Waals surface area contributed by atoms with Crippen molar-refractivity contribution < 1.29 is 14.3 Å². The van der Waals surface area contributed by atoms with Crippen LogP contribution in [0.5, 0.6) is 5.75 Å². The van der Waals surface area contributed by atoms with Crippen molar-refractivity contribution in [1.29, 1.82) is 0 Å². The van der Waals surface area contributed by atoms with E-state index in [1.54, 1.807) is 20.0 Å². The van der Waals surface area contributed by atoms with Gasteiger partial charge in [0.15, 0.2) is 6.61 Å². The molecule has 0 radical (unpaired) electrons. The Morgan fingerprint density at radius 3 is 2.39 bits per heavy atom. The Labute approximate surface area is 179 Å². The molecule has 2 amide bonds. The summed E-state index contributed by atoms with van der Waals surface area (Å²) in [4.78, 5) is 26.5. The highest BCUT2D eigenvalue weighted by atomic mass is 79.9. The van der Waals surface area contributed by atoms with Crippen LogP contribution >= 0.6 is 27.5 Å². The van der Waals surface area contributed by atoms with Crippen LogP contribution in [0.25, 0.3) is 0 Å². The van der Waals surface area contributed by atoms with E-state index >= 15 is 0 Å². The standard InChI is InChI=1S/C21H24BrClN2O3/c1-13-9-17(10-14(2)20(13)22)28-12-19(26)25(15(3)21(27)24-4)11-16-7-5-6-8-18(16)23/h5-10,15H,11-12H2,1-4H3,(H,24,27)/t15-/m0/s1. The van der Waals surface area contributed by atoms with Crippen molar-refractivity contribution in [2.75, 3.05) is 13.7 Å². The van der Waals surface area contributed by atoms with Gasteiger partial charge >= 0.3 is 0 Å². The Morgan fingerprint density at radius 2 is 1.82 bits per heavy atom. The van der Waals surface area contributed by atoms with Gasteiger partial charge in [0.1, 0.15) is 11.8 Å². The quantitative estimate of drug-likeness (QED) is 0.662. The molecule has 2 aromatic rings. The number of aryl methyl sites for hydroxylation is 2. The normalized spacial score (nSPS) is 11.6. The maximum absolute atomic E-state index is 12.9. The van der Waals surface area contributed by atoms with E-state index in [1.165, 1.54) is 4.90 Å². The molecule has 2 rings (SSSR count). The van der Waals surface area contributed by atoms with Crippen molar-refractivity contribution in [1.82, 2.24) is 10.2 Å². The monoisotopic (exact) mass is 466 g/mol. The second kappa shape index (κ2) is 9.94. The largest absolute Gasteiger partial charge is 0.484 e. The zero-order valence-corrected chi connectivity index (χ0v) is 18.7. The zero-order chi connectivity index (χ0) is 20.8. The Bertz CT molecular complexity index is 849. The van der Waals surface area contributed by atoms with Gasteiger partial charge in [0.25, 0.3) is 5.91 Å². The van der Waals surface area contributed by atoms with Crippen LogP contribution in [0.4, 0.5) is 0 Å². The molecule has 0 unspecified atom stereocenters. The second-order valence-corrected chi connectivity index (χ2v) is 7.76. The van der Waals surface area contributed by atoms with Gasteiger partial charge in [0.2, 0.25) is 5.91 Å². The number of carbonyl (C=O) groups is 2. The van der Waals surface area contributed by atoms with E-state index in [0.717, 1.165) is 21.2 Å². The first-order valence-corrected chi connectivity index (χ1v) is 10.1. The van der Waals surface area contributed by atoms with Crippen molar-refractivity contribution in [2.45, 2.75) is 33.4 Å². The van der Waals surface area contributed by atoms with E-state index in [1.807, 2.05) is 44.2 Å². The summed E-state index contributed by atoms with van der Waals surface area (Å²) in [7, 11) is 1.54. The molecule has 28 heavy (non-hydrogen) atoms. The van der Waals surface area contributed by atoms with Crippen molar-refractivity contribution in [3.05, 3.63) is 62.6 Å². The Morgan fingerprint density at radius 1 is 1.21 bits per heavy atom. The van der Waals surface area contributed by atoms with E-state index in [-0.39, 0.29) is 25.0 Å². The Hall–Kier alpha value is -2.05. The molecule has 150 valence electrons. The van der Waals surface area contributed by atoms with Gasteiger partial charge in [-0.2, -0.15) is 0 Å². The van der Waals surface area contributed by atoms with Crippen LogP contribution in [-0.4, -0.2) is 36.4 Å². The van der Waals surface area contributed by atoms with Crippen LogP contribution in [0.1, 0.15) is 23.6 Å². The lowest BCUT2D eigenvalue weighted by Gasteiger charge is -2.28. The van der Waals surface area contributed by atoms with Crippen molar-refractivity contribution >= 4 is 39.3 Å². The lowest BCUT2D eigenvalue weighted by Crippen LogP contribution is -2.48. The summed E-state index contributed by atoms with van der Waals surface area (Å²) in [5.74, 6) is 0.0572.